The summed E-state index contributed by atoms with van der Waals surface area (Å²) in [5.74, 6) is -0.766. The van der Waals surface area contributed by atoms with Gasteiger partial charge in [0, 0.05) is 25.2 Å². The first kappa shape index (κ1) is 21.7. The number of ketones is 1. The van der Waals surface area contributed by atoms with Gasteiger partial charge in [0.05, 0.1) is 15.5 Å². The Morgan fingerprint density at radius 1 is 0.867 bits per heavy atom. The van der Waals surface area contributed by atoms with Crippen LogP contribution >= 0.6 is 11.6 Å². The smallest absolute Gasteiger partial charge is 0.345 e. The van der Waals surface area contributed by atoms with Crippen LogP contribution in [0.5, 0.6) is 5.75 Å². The fraction of sp³-hybridized carbons (Fsp3) is 0.0909. The van der Waals surface area contributed by atoms with Crippen molar-refractivity contribution in [2.75, 3.05) is 14.1 Å². The second-order valence-electron chi connectivity index (χ2n) is 6.54. The molecular weight excluding hydrogens is 426 g/mol. The molecule has 0 aliphatic heterocycles. The molecule has 0 N–H and O–H groups in total. The van der Waals surface area contributed by atoms with Crippen LogP contribution in [0.15, 0.2) is 77.7 Å². The van der Waals surface area contributed by atoms with Crippen molar-refractivity contribution in [3.05, 3.63) is 94.5 Å². The second-order valence-corrected chi connectivity index (χ2v) is 9.10. The lowest BCUT2D eigenvalue weighted by atomic mass is 10.0. The molecule has 0 saturated carbocycles. The summed E-state index contributed by atoms with van der Waals surface area (Å²) in [4.78, 5) is 24.9. The predicted molar refractivity (Wildman–Crippen MR) is 114 cm³/mol. The summed E-state index contributed by atoms with van der Waals surface area (Å²) in [5, 5.41) is 0.0635. The van der Waals surface area contributed by atoms with Crippen molar-refractivity contribution in [3.63, 3.8) is 0 Å². The van der Waals surface area contributed by atoms with Gasteiger partial charge in [0.2, 0.25) is 10.0 Å². The summed E-state index contributed by atoms with van der Waals surface area (Å²) in [5.41, 5.74) is 0.912. The summed E-state index contributed by atoms with van der Waals surface area (Å²) in [6, 6.07) is 18.7. The zero-order chi connectivity index (χ0) is 21.9. The first-order valence-electron chi connectivity index (χ1n) is 8.84. The zero-order valence-electron chi connectivity index (χ0n) is 16.2. The van der Waals surface area contributed by atoms with Gasteiger partial charge in [-0.05, 0) is 42.5 Å². The van der Waals surface area contributed by atoms with E-state index in [0.29, 0.717) is 11.1 Å². The molecule has 0 saturated heterocycles. The molecule has 0 radical (unpaired) electrons. The largest absolute Gasteiger partial charge is 0.423 e. The van der Waals surface area contributed by atoms with Gasteiger partial charge in [-0.15, -0.1) is 0 Å². The van der Waals surface area contributed by atoms with Gasteiger partial charge >= 0.3 is 5.97 Å². The molecule has 6 nitrogen and oxygen atoms in total. The number of hydrogen-bond donors (Lipinski definition) is 0. The molecule has 30 heavy (non-hydrogen) atoms. The Balaban J connectivity index is 1.81. The molecule has 0 aliphatic rings. The van der Waals surface area contributed by atoms with Gasteiger partial charge in [0.1, 0.15) is 5.75 Å². The van der Waals surface area contributed by atoms with Crippen molar-refractivity contribution < 1.29 is 22.7 Å². The van der Waals surface area contributed by atoms with E-state index in [1.807, 2.05) is 6.07 Å². The number of esters is 1. The van der Waals surface area contributed by atoms with E-state index in [1.165, 1.54) is 44.4 Å². The lowest BCUT2D eigenvalue weighted by molar-refractivity contribution is 0.0734. The van der Waals surface area contributed by atoms with Crippen molar-refractivity contribution in [1.29, 1.82) is 0 Å². The molecule has 0 atom stereocenters. The highest BCUT2D eigenvalue weighted by Crippen LogP contribution is 2.24. The van der Waals surface area contributed by atoms with E-state index in [4.69, 9.17) is 16.3 Å². The predicted octanol–water partition coefficient (Wildman–Crippen LogP) is 4.04. The van der Waals surface area contributed by atoms with E-state index in [0.717, 1.165) is 4.31 Å². The monoisotopic (exact) mass is 443 g/mol. The van der Waals surface area contributed by atoms with Gasteiger partial charge in [0.25, 0.3) is 0 Å². The Morgan fingerprint density at radius 3 is 2.07 bits per heavy atom. The Morgan fingerprint density at radius 2 is 1.47 bits per heavy atom. The summed E-state index contributed by atoms with van der Waals surface area (Å²) in [6.45, 7) is 0. The number of rotatable bonds is 6. The molecule has 0 spiro atoms. The van der Waals surface area contributed by atoms with E-state index in [1.54, 1.807) is 36.4 Å². The Labute approximate surface area is 179 Å². The van der Waals surface area contributed by atoms with Gasteiger partial charge in [-0.3, -0.25) is 4.79 Å². The highest BCUT2D eigenvalue weighted by atomic mass is 35.5. The first-order valence-corrected chi connectivity index (χ1v) is 10.7. The third-order valence-corrected chi connectivity index (χ3v) is 6.44. The zero-order valence-corrected chi connectivity index (χ0v) is 17.8. The number of hydrogen-bond acceptors (Lipinski definition) is 5. The van der Waals surface area contributed by atoms with Gasteiger partial charge < -0.3 is 4.74 Å². The summed E-state index contributed by atoms with van der Waals surface area (Å²) >= 11 is 6.07. The number of nitrogens with zero attached hydrogens (tertiary/aromatic N) is 1. The highest BCUT2D eigenvalue weighted by molar-refractivity contribution is 7.89. The van der Waals surface area contributed by atoms with E-state index in [9.17, 15) is 18.0 Å². The average Bonchev–Trinajstić information content (AvgIpc) is 2.74. The molecule has 0 aromatic heterocycles. The van der Waals surface area contributed by atoms with Crippen LogP contribution < -0.4 is 4.74 Å². The van der Waals surface area contributed by atoms with Gasteiger partial charge in [-0.2, -0.15) is 0 Å². The van der Waals surface area contributed by atoms with Crippen LogP contribution in [0.4, 0.5) is 0 Å². The maximum Gasteiger partial charge on any atom is 0.345 e. The fourth-order valence-electron chi connectivity index (χ4n) is 2.62. The molecule has 154 valence electrons. The number of sulfonamides is 1. The molecule has 0 fully saturated rings. The van der Waals surface area contributed by atoms with Gasteiger partial charge in [0.15, 0.2) is 5.78 Å². The highest BCUT2D eigenvalue weighted by Gasteiger charge is 2.22. The SMILES string of the molecule is CN(C)S(=O)(=O)c1ccc(Cl)c(C(=O)Oc2ccc(C(=O)c3ccccc3)cc2)c1. The van der Waals surface area contributed by atoms with E-state index in [2.05, 4.69) is 0 Å². The Hall–Kier alpha value is -3.00. The Bertz CT molecular complexity index is 1190. The van der Waals surface area contributed by atoms with Crippen molar-refractivity contribution in [1.82, 2.24) is 4.31 Å². The maximum absolute atomic E-state index is 12.5. The molecule has 8 heteroatoms. The van der Waals surface area contributed by atoms with Crippen LogP contribution in [0.1, 0.15) is 26.3 Å². The van der Waals surface area contributed by atoms with Crippen LogP contribution in [0.25, 0.3) is 0 Å². The average molecular weight is 444 g/mol. The number of halogens is 1. The van der Waals surface area contributed by atoms with Crippen LogP contribution in [-0.4, -0.2) is 38.6 Å². The van der Waals surface area contributed by atoms with Gasteiger partial charge in [-0.25, -0.2) is 17.5 Å². The van der Waals surface area contributed by atoms with Crippen molar-refractivity contribution in [2.45, 2.75) is 4.90 Å². The minimum atomic E-state index is -3.73. The van der Waals surface area contributed by atoms with Gasteiger partial charge in [-0.1, -0.05) is 41.9 Å². The number of carbonyl (C=O) groups is 2. The molecule has 3 aromatic rings. The van der Waals surface area contributed by atoms with Crippen LogP contribution in [0, 0.1) is 0 Å². The topological polar surface area (TPSA) is 80.8 Å². The van der Waals surface area contributed by atoms with E-state index >= 15 is 0 Å². The van der Waals surface area contributed by atoms with Crippen molar-refractivity contribution in [2.24, 2.45) is 0 Å². The normalized spacial score (nSPS) is 11.3. The third-order valence-electron chi connectivity index (χ3n) is 4.30. The molecule has 0 amide bonds. The van der Waals surface area contributed by atoms with E-state index < -0.39 is 16.0 Å². The Kier molecular flexibility index (Phi) is 6.36. The summed E-state index contributed by atoms with van der Waals surface area (Å²) in [7, 11) is -0.956. The summed E-state index contributed by atoms with van der Waals surface area (Å²) < 4.78 is 30.9. The minimum Gasteiger partial charge on any atom is -0.423 e. The number of benzene rings is 3. The number of ether oxygens (including phenoxy) is 1. The third kappa shape index (κ3) is 4.59. The minimum absolute atomic E-state index is 0.0635. The maximum atomic E-state index is 12.5. The molecular formula is C22H18ClNO5S. The van der Waals surface area contributed by atoms with Crippen molar-refractivity contribution >= 4 is 33.4 Å². The van der Waals surface area contributed by atoms with E-state index in [-0.39, 0.29) is 27.0 Å². The second kappa shape index (κ2) is 8.79. The molecule has 0 bridgehead atoms. The quantitative estimate of drug-likeness (QED) is 0.326. The fourth-order valence-corrected chi connectivity index (χ4v) is 3.75. The molecule has 0 heterocycles. The standard InChI is InChI=1S/C22H18ClNO5S/c1-24(2)30(27,28)18-12-13-20(23)19(14-18)22(26)29-17-10-8-16(9-11-17)21(25)15-6-4-3-5-7-15/h3-14H,1-2H3. The summed E-state index contributed by atoms with van der Waals surface area (Å²) in [6.07, 6.45) is 0. The molecule has 0 aliphatic carbocycles. The lowest BCUT2D eigenvalue weighted by Gasteiger charge is -2.13. The lowest BCUT2D eigenvalue weighted by Crippen LogP contribution is -2.22. The molecule has 3 rings (SSSR count). The van der Waals surface area contributed by atoms with Crippen LogP contribution in [0.3, 0.4) is 0 Å². The van der Waals surface area contributed by atoms with Crippen molar-refractivity contribution in [3.8, 4) is 5.75 Å². The molecule has 3 aromatic carbocycles. The van der Waals surface area contributed by atoms with Crippen LogP contribution in [-0.2, 0) is 10.0 Å². The van der Waals surface area contributed by atoms with Crippen LogP contribution in [0.2, 0.25) is 5.02 Å². The first-order chi connectivity index (χ1) is 14.2. The molecule has 0 unspecified atom stereocenters. The number of carbonyl (C=O) groups excluding carboxylic acids is 2.